The summed E-state index contributed by atoms with van der Waals surface area (Å²) in [5.41, 5.74) is 4.56. The third-order valence-electron chi connectivity index (χ3n) is 2.43. The van der Waals surface area contributed by atoms with Crippen molar-refractivity contribution in [3.05, 3.63) is 38.9 Å². The standard InChI is InChI=1S/C11H10N4O3S/c12-7(19)4-8(16)13-6-3-1-2-5-9(6)11(18)15-14-10(5)17/h1-3H,4H2,(H2,12,19)(H,13,16)(H,14,17)(H,15,18). The van der Waals surface area contributed by atoms with Gasteiger partial charge in [-0.15, -0.1) is 0 Å². The lowest BCUT2D eigenvalue weighted by Gasteiger charge is -2.07. The SMILES string of the molecule is NC(=S)CC(=O)Nc1cccc2c(=O)[nH][nH]c(=O)c12. The van der Waals surface area contributed by atoms with Crippen molar-refractivity contribution in [2.45, 2.75) is 6.42 Å². The number of nitrogens with two attached hydrogens (primary N) is 1. The topological polar surface area (TPSA) is 121 Å². The van der Waals surface area contributed by atoms with Gasteiger partial charge >= 0.3 is 0 Å². The molecule has 1 aromatic carbocycles. The van der Waals surface area contributed by atoms with Gasteiger partial charge in [0, 0.05) is 0 Å². The van der Waals surface area contributed by atoms with Gasteiger partial charge in [0.15, 0.2) is 0 Å². The molecule has 0 aliphatic rings. The molecule has 0 aliphatic heterocycles. The predicted octanol–water partition coefficient (Wildman–Crippen LogP) is -0.169. The molecule has 0 saturated heterocycles. The molecular formula is C11H10N4O3S. The van der Waals surface area contributed by atoms with Crippen LogP contribution in [0.25, 0.3) is 10.8 Å². The third-order valence-corrected chi connectivity index (χ3v) is 2.58. The highest BCUT2D eigenvalue weighted by Gasteiger charge is 2.11. The molecule has 1 heterocycles. The van der Waals surface area contributed by atoms with Crippen molar-refractivity contribution in [1.29, 1.82) is 0 Å². The Kier molecular flexibility index (Phi) is 3.43. The minimum absolute atomic E-state index is 0.0458. The fourth-order valence-electron chi connectivity index (χ4n) is 1.69. The molecule has 1 aromatic heterocycles. The molecule has 5 N–H and O–H groups in total. The van der Waals surface area contributed by atoms with E-state index in [1.54, 1.807) is 6.07 Å². The summed E-state index contributed by atoms with van der Waals surface area (Å²) in [6.45, 7) is 0. The normalized spacial score (nSPS) is 10.3. The first-order valence-electron chi connectivity index (χ1n) is 5.31. The molecule has 0 aliphatic carbocycles. The number of anilines is 1. The summed E-state index contributed by atoms with van der Waals surface area (Å²) in [7, 11) is 0. The Morgan fingerprint density at radius 3 is 2.63 bits per heavy atom. The van der Waals surface area contributed by atoms with Crippen LogP contribution in [0.15, 0.2) is 27.8 Å². The Morgan fingerprint density at radius 1 is 1.26 bits per heavy atom. The van der Waals surface area contributed by atoms with Crippen LogP contribution in [-0.2, 0) is 4.79 Å². The molecule has 1 amide bonds. The zero-order valence-electron chi connectivity index (χ0n) is 9.65. The van der Waals surface area contributed by atoms with Gasteiger partial charge in [0.1, 0.15) is 0 Å². The van der Waals surface area contributed by atoms with E-state index < -0.39 is 17.0 Å². The van der Waals surface area contributed by atoms with Crippen molar-refractivity contribution in [2.24, 2.45) is 5.73 Å². The average molecular weight is 278 g/mol. The van der Waals surface area contributed by atoms with Crippen LogP contribution in [0.2, 0.25) is 0 Å². The van der Waals surface area contributed by atoms with Crippen molar-refractivity contribution in [3.8, 4) is 0 Å². The van der Waals surface area contributed by atoms with Gasteiger partial charge in [-0.05, 0) is 12.1 Å². The maximum atomic E-state index is 11.7. The number of nitrogens with one attached hydrogen (secondary N) is 3. The van der Waals surface area contributed by atoms with Crippen LogP contribution in [0.5, 0.6) is 0 Å². The Labute approximate surface area is 111 Å². The van der Waals surface area contributed by atoms with Crippen molar-refractivity contribution >= 4 is 39.6 Å². The molecule has 8 heteroatoms. The van der Waals surface area contributed by atoms with Crippen LogP contribution < -0.4 is 22.2 Å². The van der Waals surface area contributed by atoms with Crippen LogP contribution >= 0.6 is 12.2 Å². The molecule has 0 unspecified atom stereocenters. The highest BCUT2D eigenvalue weighted by Crippen LogP contribution is 2.16. The van der Waals surface area contributed by atoms with E-state index in [-0.39, 0.29) is 27.9 Å². The number of aromatic nitrogens is 2. The maximum Gasteiger partial charge on any atom is 0.272 e. The van der Waals surface area contributed by atoms with Crippen molar-refractivity contribution < 1.29 is 4.79 Å². The molecule has 0 atom stereocenters. The van der Waals surface area contributed by atoms with E-state index in [0.717, 1.165) is 0 Å². The quantitative estimate of drug-likeness (QED) is 0.581. The summed E-state index contributed by atoms with van der Waals surface area (Å²) >= 11 is 4.62. The second-order valence-corrected chi connectivity index (χ2v) is 4.35. The molecule has 7 nitrogen and oxygen atoms in total. The molecule has 0 saturated carbocycles. The summed E-state index contributed by atoms with van der Waals surface area (Å²) in [6, 6.07) is 4.58. The minimum atomic E-state index is -0.499. The number of fused-ring (bicyclic) bond motifs is 1. The van der Waals surface area contributed by atoms with Crippen molar-refractivity contribution in [1.82, 2.24) is 10.2 Å². The van der Waals surface area contributed by atoms with Gasteiger partial charge in [-0.2, -0.15) is 0 Å². The second-order valence-electron chi connectivity index (χ2n) is 3.83. The number of thiocarbonyl (C=S) groups is 1. The van der Waals surface area contributed by atoms with Gasteiger partial charge in [-0.3, -0.25) is 24.6 Å². The van der Waals surface area contributed by atoms with E-state index >= 15 is 0 Å². The fraction of sp³-hybridized carbons (Fsp3) is 0.0909. The summed E-state index contributed by atoms with van der Waals surface area (Å²) in [6.07, 6.45) is -0.132. The average Bonchev–Trinajstić information content (AvgIpc) is 2.33. The van der Waals surface area contributed by atoms with Crippen molar-refractivity contribution in [3.63, 3.8) is 0 Å². The van der Waals surface area contributed by atoms with Crippen LogP contribution in [0.4, 0.5) is 5.69 Å². The van der Waals surface area contributed by atoms with E-state index in [9.17, 15) is 14.4 Å². The Hall–Kier alpha value is -2.48. The zero-order valence-corrected chi connectivity index (χ0v) is 10.5. The third kappa shape index (κ3) is 2.68. The highest BCUT2D eigenvalue weighted by atomic mass is 32.1. The maximum absolute atomic E-state index is 11.7. The van der Waals surface area contributed by atoms with Gasteiger partial charge in [-0.25, -0.2) is 0 Å². The first-order valence-corrected chi connectivity index (χ1v) is 5.71. The number of aromatic amines is 2. The molecule has 0 spiro atoms. The largest absolute Gasteiger partial charge is 0.393 e. The fourth-order valence-corrected chi connectivity index (χ4v) is 1.82. The number of H-pyrrole nitrogens is 2. The number of carbonyl (C=O) groups is 1. The van der Waals surface area contributed by atoms with Gasteiger partial charge in [-0.1, -0.05) is 18.3 Å². The monoisotopic (exact) mass is 278 g/mol. The molecule has 0 radical (unpaired) electrons. The molecule has 0 fully saturated rings. The lowest BCUT2D eigenvalue weighted by Crippen LogP contribution is -2.23. The Morgan fingerprint density at radius 2 is 1.95 bits per heavy atom. The molecule has 98 valence electrons. The van der Waals surface area contributed by atoms with Crippen LogP contribution in [0.3, 0.4) is 0 Å². The van der Waals surface area contributed by atoms with E-state index in [0.29, 0.717) is 0 Å². The van der Waals surface area contributed by atoms with Gasteiger partial charge in [0.05, 0.1) is 27.9 Å². The summed E-state index contributed by atoms with van der Waals surface area (Å²) in [4.78, 5) is 34.9. The minimum Gasteiger partial charge on any atom is -0.393 e. The van der Waals surface area contributed by atoms with Crippen LogP contribution in [0, 0.1) is 0 Å². The number of hydrogen-bond donors (Lipinski definition) is 4. The smallest absolute Gasteiger partial charge is 0.272 e. The van der Waals surface area contributed by atoms with E-state index in [1.165, 1.54) is 12.1 Å². The predicted molar refractivity (Wildman–Crippen MR) is 75.2 cm³/mol. The number of benzene rings is 1. The number of hydrogen-bond acceptors (Lipinski definition) is 4. The van der Waals surface area contributed by atoms with E-state index in [2.05, 4.69) is 27.7 Å². The lowest BCUT2D eigenvalue weighted by molar-refractivity contribution is -0.115. The molecule has 0 bridgehead atoms. The summed E-state index contributed by atoms with van der Waals surface area (Å²) in [5.74, 6) is -0.445. The van der Waals surface area contributed by atoms with Crippen LogP contribution in [-0.4, -0.2) is 21.1 Å². The Balaban J connectivity index is 2.53. The first-order chi connectivity index (χ1) is 8.99. The first kappa shape index (κ1) is 13.0. The molecular weight excluding hydrogens is 268 g/mol. The number of amides is 1. The Bertz CT molecular complexity index is 777. The van der Waals surface area contributed by atoms with E-state index in [1.807, 2.05) is 0 Å². The van der Waals surface area contributed by atoms with Crippen molar-refractivity contribution in [2.75, 3.05) is 5.32 Å². The van der Waals surface area contributed by atoms with Gasteiger partial charge < -0.3 is 11.1 Å². The number of carbonyl (C=O) groups excluding carboxylic acids is 1. The van der Waals surface area contributed by atoms with E-state index in [4.69, 9.17) is 5.73 Å². The number of rotatable bonds is 3. The van der Waals surface area contributed by atoms with Crippen LogP contribution in [0.1, 0.15) is 6.42 Å². The molecule has 2 rings (SSSR count). The molecule has 2 aromatic rings. The summed E-state index contributed by atoms with van der Waals surface area (Å²) in [5, 5.41) is 7.22. The zero-order chi connectivity index (χ0) is 14.0. The molecule has 19 heavy (non-hydrogen) atoms. The second kappa shape index (κ2) is 5.02. The highest BCUT2D eigenvalue weighted by molar-refractivity contribution is 7.80. The van der Waals surface area contributed by atoms with Gasteiger partial charge in [0.25, 0.3) is 11.1 Å². The lowest BCUT2D eigenvalue weighted by atomic mass is 10.1. The summed E-state index contributed by atoms with van der Waals surface area (Å²) < 4.78 is 0. The van der Waals surface area contributed by atoms with Gasteiger partial charge in [0.2, 0.25) is 5.91 Å².